The van der Waals surface area contributed by atoms with Gasteiger partial charge in [0.2, 0.25) is 0 Å². The predicted octanol–water partition coefficient (Wildman–Crippen LogP) is 3.78. The first kappa shape index (κ1) is 18.7. The third-order valence-electron chi connectivity index (χ3n) is 6.68. The molecule has 2 N–H and O–H groups in total. The first-order valence-corrected chi connectivity index (χ1v) is 10.5. The van der Waals surface area contributed by atoms with Crippen molar-refractivity contribution in [3.8, 4) is 0 Å². The third kappa shape index (κ3) is 3.44. The van der Waals surface area contributed by atoms with Crippen LogP contribution in [0.15, 0.2) is 0 Å². The summed E-state index contributed by atoms with van der Waals surface area (Å²) in [5, 5.41) is 6.58. The van der Waals surface area contributed by atoms with Crippen LogP contribution in [0.25, 0.3) is 0 Å². The standard InChI is InChI=1S/C20H35N3O2/c1-3-14-21-15(2)23-18(24)20(22-19(23)25,16-10-6-4-7-11-16)17-12-8-5-9-13-17/h15-17,21H,3-14H2,1-2H3,(H,22,25). The average Bonchev–Trinajstić information content (AvgIpc) is 2.92. The molecule has 0 spiro atoms. The van der Waals surface area contributed by atoms with Crippen LogP contribution in [-0.2, 0) is 4.79 Å². The molecule has 5 nitrogen and oxygen atoms in total. The molecule has 1 heterocycles. The molecule has 1 atom stereocenters. The summed E-state index contributed by atoms with van der Waals surface area (Å²) in [6.07, 6.45) is 12.3. The Morgan fingerprint density at radius 1 is 1.04 bits per heavy atom. The molecule has 0 bridgehead atoms. The quantitative estimate of drug-likeness (QED) is 0.717. The Morgan fingerprint density at radius 3 is 2.04 bits per heavy atom. The van der Waals surface area contributed by atoms with Crippen LogP contribution in [-0.4, -0.2) is 35.1 Å². The van der Waals surface area contributed by atoms with Gasteiger partial charge in [0, 0.05) is 0 Å². The molecule has 1 aliphatic heterocycles. The summed E-state index contributed by atoms with van der Waals surface area (Å²) in [5.74, 6) is 0.667. The minimum absolute atomic E-state index is 0.0485. The summed E-state index contributed by atoms with van der Waals surface area (Å²) in [6, 6.07) is -0.183. The van der Waals surface area contributed by atoms with E-state index in [1.165, 1.54) is 43.4 Å². The summed E-state index contributed by atoms with van der Waals surface area (Å²) in [6.45, 7) is 4.85. The number of rotatable bonds is 6. The third-order valence-corrected chi connectivity index (χ3v) is 6.68. The minimum Gasteiger partial charge on any atom is -0.322 e. The Labute approximate surface area is 152 Å². The number of carbonyl (C=O) groups excluding carboxylic acids is 2. The molecule has 1 unspecified atom stereocenters. The molecule has 3 amide bonds. The zero-order valence-corrected chi connectivity index (χ0v) is 16.0. The highest BCUT2D eigenvalue weighted by Gasteiger charge is 2.60. The van der Waals surface area contributed by atoms with Crippen LogP contribution < -0.4 is 10.6 Å². The van der Waals surface area contributed by atoms with Crippen molar-refractivity contribution < 1.29 is 9.59 Å². The van der Waals surface area contributed by atoms with Crippen LogP contribution in [0.3, 0.4) is 0 Å². The van der Waals surface area contributed by atoms with Gasteiger partial charge in [0.15, 0.2) is 0 Å². The van der Waals surface area contributed by atoms with Crippen LogP contribution in [0.1, 0.15) is 84.5 Å². The van der Waals surface area contributed by atoms with Crippen molar-refractivity contribution in [2.75, 3.05) is 6.54 Å². The Morgan fingerprint density at radius 2 is 1.56 bits per heavy atom. The van der Waals surface area contributed by atoms with Crippen molar-refractivity contribution in [2.45, 2.75) is 96.2 Å². The van der Waals surface area contributed by atoms with E-state index in [0.29, 0.717) is 11.8 Å². The van der Waals surface area contributed by atoms with Gasteiger partial charge in [-0.25, -0.2) is 9.69 Å². The van der Waals surface area contributed by atoms with E-state index < -0.39 is 5.54 Å². The minimum atomic E-state index is -0.639. The second-order valence-electron chi connectivity index (χ2n) is 8.27. The molecule has 3 aliphatic rings. The van der Waals surface area contributed by atoms with Crippen LogP contribution >= 0.6 is 0 Å². The lowest BCUT2D eigenvalue weighted by molar-refractivity contribution is -0.138. The normalized spacial score (nSPS) is 26.7. The first-order valence-electron chi connectivity index (χ1n) is 10.5. The lowest BCUT2D eigenvalue weighted by Crippen LogP contribution is -2.60. The largest absolute Gasteiger partial charge is 0.326 e. The molecule has 2 aliphatic carbocycles. The Bertz CT molecular complexity index is 463. The van der Waals surface area contributed by atoms with Crippen molar-refractivity contribution in [2.24, 2.45) is 11.8 Å². The zero-order chi connectivity index (χ0) is 17.9. The predicted molar refractivity (Wildman–Crippen MR) is 99.0 cm³/mol. The second kappa shape index (κ2) is 8.07. The van der Waals surface area contributed by atoms with Crippen LogP contribution in [0, 0.1) is 11.8 Å². The highest BCUT2D eigenvalue weighted by molar-refractivity contribution is 6.07. The first-order chi connectivity index (χ1) is 12.1. The fourth-order valence-corrected chi connectivity index (χ4v) is 5.38. The molecule has 25 heavy (non-hydrogen) atoms. The molecule has 142 valence electrons. The van der Waals surface area contributed by atoms with Gasteiger partial charge in [-0.05, 0) is 57.4 Å². The SMILES string of the molecule is CCCNC(C)N1C(=O)NC(C2CCCCC2)(C2CCCCC2)C1=O. The molecular formula is C20H35N3O2. The number of imide groups is 1. The Hall–Kier alpha value is -1.10. The van der Waals surface area contributed by atoms with Crippen molar-refractivity contribution in [3.63, 3.8) is 0 Å². The van der Waals surface area contributed by atoms with E-state index in [2.05, 4.69) is 17.6 Å². The van der Waals surface area contributed by atoms with Gasteiger partial charge in [0.1, 0.15) is 5.54 Å². The molecule has 3 fully saturated rings. The molecule has 5 heteroatoms. The molecule has 0 aromatic rings. The molecule has 0 aromatic carbocycles. The smallest absolute Gasteiger partial charge is 0.322 e. The van der Waals surface area contributed by atoms with Crippen LogP contribution in [0.2, 0.25) is 0 Å². The highest BCUT2D eigenvalue weighted by Crippen LogP contribution is 2.46. The Kier molecular flexibility index (Phi) is 6.03. The van der Waals surface area contributed by atoms with E-state index in [4.69, 9.17) is 0 Å². The van der Waals surface area contributed by atoms with Gasteiger partial charge >= 0.3 is 6.03 Å². The number of hydrogen-bond acceptors (Lipinski definition) is 3. The lowest BCUT2D eigenvalue weighted by atomic mass is 9.64. The topological polar surface area (TPSA) is 61.4 Å². The highest BCUT2D eigenvalue weighted by atomic mass is 16.2. The van der Waals surface area contributed by atoms with E-state index >= 15 is 0 Å². The molecule has 1 saturated heterocycles. The summed E-state index contributed by atoms with van der Waals surface area (Å²) in [7, 11) is 0. The maximum absolute atomic E-state index is 13.6. The number of amides is 3. The van der Waals surface area contributed by atoms with E-state index in [0.717, 1.165) is 38.6 Å². The zero-order valence-electron chi connectivity index (χ0n) is 16.0. The fraction of sp³-hybridized carbons (Fsp3) is 0.900. The number of carbonyl (C=O) groups is 2. The number of nitrogens with zero attached hydrogens (tertiary/aromatic N) is 1. The van der Waals surface area contributed by atoms with E-state index in [1.807, 2.05) is 6.92 Å². The average molecular weight is 350 g/mol. The van der Waals surface area contributed by atoms with Gasteiger partial charge in [0.05, 0.1) is 6.17 Å². The second-order valence-corrected chi connectivity index (χ2v) is 8.27. The van der Waals surface area contributed by atoms with Crippen molar-refractivity contribution in [1.82, 2.24) is 15.5 Å². The molecule has 2 saturated carbocycles. The van der Waals surface area contributed by atoms with Crippen LogP contribution in [0.4, 0.5) is 4.79 Å². The van der Waals surface area contributed by atoms with Gasteiger partial charge in [-0.15, -0.1) is 0 Å². The van der Waals surface area contributed by atoms with E-state index in [1.54, 1.807) is 0 Å². The van der Waals surface area contributed by atoms with Crippen LogP contribution in [0.5, 0.6) is 0 Å². The van der Waals surface area contributed by atoms with Gasteiger partial charge in [0.25, 0.3) is 5.91 Å². The summed E-state index contributed by atoms with van der Waals surface area (Å²) >= 11 is 0. The number of nitrogens with one attached hydrogen (secondary N) is 2. The maximum atomic E-state index is 13.6. The monoisotopic (exact) mass is 349 g/mol. The fourth-order valence-electron chi connectivity index (χ4n) is 5.38. The maximum Gasteiger partial charge on any atom is 0.326 e. The summed E-state index contributed by atoms with van der Waals surface area (Å²) < 4.78 is 0. The van der Waals surface area contributed by atoms with Gasteiger partial charge in [-0.3, -0.25) is 10.1 Å². The van der Waals surface area contributed by atoms with Crippen molar-refractivity contribution >= 4 is 11.9 Å². The molecule has 3 rings (SSSR count). The summed E-state index contributed by atoms with van der Waals surface area (Å²) in [5.41, 5.74) is -0.639. The van der Waals surface area contributed by atoms with Gasteiger partial charge < -0.3 is 5.32 Å². The van der Waals surface area contributed by atoms with Crippen molar-refractivity contribution in [3.05, 3.63) is 0 Å². The van der Waals surface area contributed by atoms with E-state index in [-0.39, 0.29) is 18.1 Å². The van der Waals surface area contributed by atoms with Gasteiger partial charge in [-0.1, -0.05) is 45.4 Å². The number of urea groups is 1. The summed E-state index contributed by atoms with van der Waals surface area (Å²) in [4.78, 5) is 28.0. The van der Waals surface area contributed by atoms with Crippen molar-refractivity contribution in [1.29, 1.82) is 0 Å². The lowest BCUT2D eigenvalue weighted by Gasteiger charge is -2.44. The molecule has 0 radical (unpaired) electrons. The Balaban J connectivity index is 1.88. The number of hydrogen-bond donors (Lipinski definition) is 2. The molecular weight excluding hydrogens is 314 g/mol. The van der Waals surface area contributed by atoms with E-state index in [9.17, 15) is 9.59 Å². The molecule has 0 aromatic heterocycles. The van der Waals surface area contributed by atoms with Gasteiger partial charge in [-0.2, -0.15) is 0 Å².